The molecule has 2 N–H and O–H groups in total. The number of carbonyl (C=O) groups excluding carboxylic acids is 1. The molecule has 1 heterocycles. The molecule has 6 nitrogen and oxygen atoms in total. The minimum Gasteiger partial charge on any atom is -0.478 e. The summed E-state index contributed by atoms with van der Waals surface area (Å²) in [6, 6.07) is 21.7. The van der Waals surface area contributed by atoms with Gasteiger partial charge in [-0.25, -0.2) is 10.2 Å². The Morgan fingerprint density at radius 1 is 0.967 bits per heavy atom. The van der Waals surface area contributed by atoms with Gasteiger partial charge >= 0.3 is 5.97 Å². The molecular formula is C24H18N2O4. The van der Waals surface area contributed by atoms with Gasteiger partial charge in [-0.15, -0.1) is 0 Å². The minimum atomic E-state index is -0.987. The van der Waals surface area contributed by atoms with Gasteiger partial charge in [-0.1, -0.05) is 48.5 Å². The van der Waals surface area contributed by atoms with Crippen molar-refractivity contribution in [2.24, 2.45) is 5.10 Å². The molecule has 0 radical (unpaired) electrons. The molecule has 0 aliphatic rings. The van der Waals surface area contributed by atoms with E-state index >= 15 is 0 Å². The summed E-state index contributed by atoms with van der Waals surface area (Å²) in [5.74, 6) is -0.363. The third-order valence-electron chi connectivity index (χ3n) is 4.77. The van der Waals surface area contributed by atoms with Crippen molar-refractivity contribution < 1.29 is 19.1 Å². The average Bonchev–Trinajstić information content (AvgIpc) is 3.22. The highest BCUT2D eigenvalue weighted by Gasteiger charge is 2.11. The molecule has 6 heteroatoms. The number of amides is 1. The van der Waals surface area contributed by atoms with Gasteiger partial charge in [-0.05, 0) is 47.5 Å². The lowest BCUT2D eigenvalue weighted by Gasteiger charge is -2.04. The number of hydrazone groups is 1. The molecule has 148 valence electrons. The zero-order valence-electron chi connectivity index (χ0n) is 16.1. The summed E-state index contributed by atoms with van der Waals surface area (Å²) in [4.78, 5) is 23.8. The van der Waals surface area contributed by atoms with Gasteiger partial charge in [0.1, 0.15) is 11.5 Å². The number of rotatable bonds is 5. The first kappa shape index (κ1) is 19.1. The van der Waals surface area contributed by atoms with Gasteiger partial charge in [0, 0.05) is 11.1 Å². The van der Waals surface area contributed by atoms with E-state index in [1.165, 1.54) is 6.21 Å². The Hall–Kier alpha value is -4.19. The second kappa shape index (κ2) is 8.05. The van der Waals surface area contributed by atoms with Gasteiger partial charge in [0.2, 0.25) is 0 Å². The largest absolute Gasteiger partial charge is 0.478 e. The Bertz CT molecular complexity index is 1280. The van der Waals surface area contributed by atoms with Crippen LogP contribution in [-0.2, 0) is 0 Å². The Morgan fingerprint density at radius 2 is 1.77 bits per heavy atom. The third kappa shape index (κ3) is 3.84. The molecule has 4 aromatic rings. The maximum absolute atomic E-state index is 12.5. The Balaban J connectivity index is 1.49. The van der Waals surface area contributed by atoms with Crippen molar-refractivity contribution >= 4 is 28.9 Å². The van der Waals surface area contributed by atoms with Crippen LogP contribution in [0.5, 0.6) is 0 Å². The first-order chi connectivity index (χ1) is 14.5. The van der Waals surface area contributed by atoms with Crippen LogP contribution in [0.4, 0.5) is 0 Å². The highest BCUT2D eigenvalue weighted by molar-refractivity contribution is 6.07. The third-order valence-corrected chi connectivity index (χ3v) is 4.77. The van der Waals surface area contributed by atoms with Crippen LogP contribution in [0, 0.1) is 6.92 Å². The molecule has 0 unspecified atom stereocenters. The topological polar surface area (TPSA) is 91.9 Å². The maximum Gasteiger partial charge on any atom is 0.335 e. The monoisotopic (exact) mass is 398 g/mol. The number of nitrogens with one attached hydrogen (secondary N) is 1. The summed E-state index contributed by atoms with van der Waals surface area (Å²) < 4.78 is 5.71. The molecule has 30 heavy (non-hydrogen) atoms. The quantitative estimate of drug-likeness (QED) is 0.371. The molecule has 0 atom stereocenters. The highest BCUT2D eigenvalue weighted by Crippen LogP contribution is 2.24. The molecule has 4 rings (SSSR count). The molecule has 0 aliphatic carbocycles. The Labute approximate surface area is 172 Å². The second-order valence-electron chi connectivity index (χ2n) is 6.76. The van der Waals surface area contributed by atoms with E-state index in [1.807, 2.05) is 36.4 Å². The van der Waals surface area contributed by atoms with Crippen LogP contribution in [0.25, 0.3) is 22.1 Å². The van der Waals surface area contributed by atoms with E-state index in [1.54, 1.807) is 43.3 Å². The minimum absolute atomic E-state index is 0.224. The summed E-state index contributed by atoms with van der Waals surface area (Å²) in [5.41, 5.74) is 4.60. The number of aromatic carboxylic acids is 1. The van der Waals surface area contributed by atoms with Crippen molar-refractivity contribution in [3.05, 3.63) is 95.2 Å². The smallest absolute Gasteiger partial charge is 0.335 e. The molecule has 0 fully saturated rings. The summed E-state index contributed by atoms with van der Waals surface area (Å²) >= 11 is 0. The lowest BCUT2D eigenvalue weighted by Crippen LogP contribution is -2.17. The van der Waals surface area contributed by atoms with Crippen LogP contribution < -0.4 is 5.43 Å². The zero-order chi connectivity index (χ0) is 21.1. The summed E-state index contributed by atoms with van der Waals surface area (Å²) in [6.45, 7) is 1.74. The maximum atomic E-state index is 12.5. The van der Waals surface area contributed by atoms with Crippen molar-refractivity contribution in [3.8, 4) is 11.3 Å². The number of furan rings is 1. The van der Waals surface area contributed by atoms with E-state index in [2.05, 4.69) is 10.5 Å². The molecule has 0 aliphatic heterocycles. The fraction of sp³-hybridized carbons (Fsp3) is 0.0417. The lowest BCUT2D eigenvalue weighted by atomic mass is 10.0. The zero-order valence-corrected chi connectivity index (χ0v) is 16.1. The van der Waals surface area contributed by atoms with Crippen molar-refractivity contribution in [1.82, 2.24) is 5.43 Å². The van der Waals surface area contributed by atoms with Crippen LogP contribution in [0.3, 0.4) is 0 Å². The van der Waals surface area contributed by atoms with E-state index < -0.39 is 5.97 Å². The van der Waals surface area contributed by atoms with Gasteiger partial charge in [0.15, 0.2) is 0 Å². The van der Waals surface area contributed by atoms with E-state index in [4.69, 9.17) is 4.42 Å². The van der Waals surface area contributed by atoms with E-state index in [0.29, 0.717) is 28.2 Å². The van der Waals surface area contributed by atoms with Crippen LogP contribution in [0.1, 0.15) is 32.0 Å². The molecule has 0 saturated heterocycles. The fourth-order valence-corrected chi connectivity index (χ4v) is 3.22. The first-order valence-electron chi connectivity index (χ1n) is 9.28. The number of hydrogen-bond acceptors (Lipinski definition) is 4. The molecular weight excluding hydrogens is 380 g/mol. The predicted octanol–water partition coefficient (Wildman–Crippen LogP) is 4.87. The van der Waals surface area contributed by atoms with Crippen molar-refractivity contribution in [2.75, 3.05) is 0 Å². The highest BCUT2D eigenvalue weighted by atomic mass is 16.4. The number of carbonyl (C=O) groups is 2. The summed E-state index contributed by atoms with van der Waals surface area (Å²) in [7, 11) is 0. The van der Waals surface area contributed by atoms with Crippen molar-refractivity contribution in [2.45, 2.75) is 6.92 Å². The molecule has 0 spiro atoms. The number of benzene rings is 3. The fourth-order valence-electron chi connectivity index (χ4n) is 3.22. The molecule has 1 aromatic heterocycles. The molecule has 1 amide bonds. The van der Waals surface area contributed by atoms with E-state index in [-0.39, 0.29) is 11.5 Å². The Morgan fingerprint density at radius 3 is 2.60 bits per heavy atom. The number of fused-ring (bicyclic) bond motifs is 1. The lowest BCUT2D eigenvalue weighted by molar-refractivity contribution is 0.0696. The van der Waals surface area contributed by atoms with E-state index in [9.17, 15) is 14.7 Å². The second-order valence-corrected chi connectivity index (χ2v) is 6.76. The summed E-state index contributed by atoms with van der Waals surface area (Å²) in [5, 5.41) is 15.1. The number of nitrogens with zero attached hydrogens (tertiary/aromatic N) is 1. The number of carboxylic acids is 1. The SMILES string of the molecule is Cc1ccc(-c2ccc(/C=N\NC(=O)c3cccc4ccccc34)o2)cc1C(=O)O. The standard InChI is InChI=1S/C24H18N2O4/c1-15-9-10-17(13-21(15)24(28)29)22-12-11-18(30-22)14-25-26-23(27)20-8-4-6-16-5-2-3-7-19(16)20/h2-14H,1H3,(H,26,27)(H,28,29)/b25-14-. The summed E-state index contributed by atoms with van der Waals surface area (Å²) in [6.07, 6.45) is 1.40. The molecule has 0 bridgehead atoms. The van der Waals surface area contributed by atoms with Gasteiger partial charge in [0.25, 0.3) is 5.91 Å². The van der Waals surface area contributed by atoms with Crippen LogP contribution in [0.2, 0.25) is 0 Å². The average molecular weight is 398 g/mol. The van der Waals surface area contributed by atoms with Crippen LogP contribution >= 0.6 is 0 Å². The van der Waals surface area contributed by atoms with Crippen molar-refractivity contribution in [3.63, 3.8) is 0 Å². The first-order valence-corrected chi connectivity index (χ1v) is 9.28. The normalized spacial score (nSPS) is 11.1. The molecule has 0 saturated carbocycles. The molecule has 3 aromatic carbocycles. The van der Waals surface area contributed by atoms with Crippen LogP contribution in [0.15, 0.2) is 82.3 Å². The van der Waals surface area contributed by atoms with Gasteiger partial charge in [0.05, 0.1) is 11.8 Å². The van der Waals surface area contributed by atoms with E-state index in [0.717, 1.165) is 10.8 Å². The van der Waals surface area contributed by atoms with Crippen LogP contribution in [-0.4, -0.2) is 23.2 Å². The van der Waals surface area contributed by atoms with Crippen molar-refractivity contribution in [1.29, 1.82) is 0 Å². The number of aryl methyl sites for hydroxylation is 1. The number of carboxylic acid groups (broad SMARTS) is 1. The predicted molar refractivity (Wildman–Crippen MR) is 115 cm³/mol. The van der Waals surface area contributed by atoms with Gasteiger partial charge in [-0.2, -0.15) is 5.10 Å². The van der Waals surface area contributed by atoms with Gasteiger partial charge < -0.3 is 9.52 Å². The van der Waals surface area contributed by atoms with Gasteiger partial charge in [-0.3, -0.25) is 4.79 Å². The number of hydrogen-bond donors (Lipinski definition) is 2. The Kier molecular flexibility index (Phi) is 5.13.